The van der Waals surface area contributed by atoms with Crippen molar-refractivity contribution in [3.63, 3.8) is 0 Å². The lowest BCUT2D eigenvalue weighted by molar-refractivity contribution is -0.0334. The first kappa shape index (κ1) is 12.1. The third kappa shape index (κ3) is 2.55. The number of ether oxygens (including phenoxy) is 1. The summed E-state index contributed by atoms with van der Waals surface area (Å²) in [4.78, 5) is 6.81. The standard InChI is InChI=1S/C12H20N4O2/c1-2-16-3-4-17-10(8-16)12-14-11(18-15-12)5-9-6-13-7-9/h9-10,13H,2-8H2,1H3. The molecule has 0 radical (unpaired) electrons. The van der Waals surface area contributed by atoms with Crippen molar-refractivity contribution in [3.05, 3.63) is 11.7 Å². The predicted octanol–water partition coefficient (Wildman–Crippen LogP) is 0.225. The topological polar surface area (TPSA) is 63.4 Å². The summed E-state index contributed by atoms with van der Waals surface area (Å²) in [6.45, 7) is 7.91. The zero-order chi connectivity index (χ0) is 12.4. The van der Waals surface area contributed by atoms with E-state index >= 15 is 0 Å². The van der Waals surface area contributed by atoms with E-state index in [0.717, 1.165) is 51.6 Å². The molecule has 2 saturated heterocycles. The van der Waals surface area contributed by atoms with Gasteiger partial charge in [-0.05, 0) is 25.6 Å². The summed E-state index contributed by atoms with van der Waals surface area (Å²) < 4.78 is 11.0. The second-order valence-corrected chi connectivity index (χ2v) is 5.03. The SMILES string of the molecule is CCN1CCOC(c2noc(CC3CNC3)n2)C1. The number of aromatic nitrogens is 2. The largest absolute Gasteiger partial charge is 0.367 e. The number of likely N-dealkylation sites (N-methyl/N-ethyl adjacent to an activating group) is 1. The quantitative estimate of drug-likeness (QED) is 0.827. The van der Waals surface area contributed by atoms with Gasteiger partial charge in [-0.3, -0.25) is 4.90 Å². The second kappa shape index (κ2) is 5.34. The normalized spacial score (nSPS) is 26.2. The molecule has 3 rings (SSSR count). The zero-order valence-electron chi connectivity index (χ0n) is 10.8. The van der Waals surface area contributed by atoms with Gasteiger partial charge in [-0.2, -0.15) is 4.98 Å². The van der Waals surface area contributed by atoms with Crippen molar-refractivity contribution in [1.29, 1.82) is 0 Å². The average Bonchev–Trinajstić information content (AvgIpc) is 2.83. The fourth-order valence-electron chi connectivity index (χ4n) is 2.37. The van der Waals surface area contributed by atoms with E-state index in [4.69, 9.17) is 9.26 Å². The highest BCUT2D eigenvalue weighted by molar-refractivity contribution is 4.96. The molecule has 2 aliphatic rings. The van der Waals surface area contributed by atoms with Gasteiger partial charge in [0.25, 0.3) is 0 Å². The van der Waals surface area contributed by atoms with Gasteiger partial charge in [-0.15, -0.1) is 0 Å². The van der Waals surface area contributed by atoms with Crippen LogP contribution in [0, 0.1) is 5.92 Å². The number of nitrogens with zero attached hydrogens (tertiary/aromatic N) is 3. The Kier molecular flexibility index (Phi) is 3.58. The van der Waals surface area contributed by atoms with Crippen molar-refractivity contribution in [2.75, 3.05) is 39.3 Å². The first-order valence-corrected chi connectivity index (χ1v) is 6.72. The minimum atomic E-state index is -0.0317. The lowest BCUT2D eigenvalue weighted by Crippen LogP contribution is -2.43. The molecule has 0 bridgehead atoms. The molecule has 1 unspecified atom stereocenters. The van der Waals surface area contributed by atoms with Crippen LogP contribution in [0.15, 0.2) is 4.52 Å². The molecule has 2 fully saturated rings. The van der Waals surface area contributed by atoms with Crippen LogP contribution in [0.2, 0.25) is 0 Å². The van der Waals surface area contributed by atoms with Crippen molar-refractivity contribution in [2.45, 2.75) is 19.4 Å². The number of hydrogen-bond donors (Lipinski definition) is 1. The third-order valence-electron chi connectivity index (χ3n) is 3.70. The fourth-order valence-corrected chi connectivity index (χ4v) is 2.37. The highest BCUT2D eigenvalue weighted by Crippen LogP contribution is 2.20. The Morgan fingerprint density at radius 1 is 1.44 bits per heavy atom. The molecule has 1 aromatic rings. The lowest BCUT2D eigenvalue weighted by atomic mass is 10.00. The molecule has 3 heterocycles. The van der Waals surface area contributed by atoms with E-state index in [1.54, 1.807) is 0 Å². The Hall–Kier alpha value is -0.980. The molecule has 1 atom stereocenters. The minimum Gasteiger partial charge on any atom is -0.367 e. The van der Waals surface area contributed by atoms with Gasteiger partial charge in [-0.25, -0.2) is 0 Å². The Morgan fingerprint density at radius 3 is 3.06 bits per heavy atom. The van der Waals surface area contributed by atoms with Crippen LogP contribution in [0.3, 0.4) is 0 Å². The number of hydrogen-bond acceptors (Lipinski definition) is 6. The lowest BCUT2D eigenvalue weighted by Gasteiger charge is -2.30. The van der Waals surface area contributed by atoms with E-state index in [-0.39, 0.29) is 6.10 Å². The van der Waals surface area contributed by atoms with Gasteiger partial charge in [0.05, 0.1) is 6.61 Å². The highest BCUT2D eigenvalue weighted by atomic mass is 16.5. The van der Waals surface area contributed by atoms with E-state index in [9.17, 15) is 0 Å². The molecule has 6 nitrogen and oxygen atoms in total. The smallest absolute Gasteiger partial charge is 0.227 e. The Labute approximate surface area is 107 Å². The molecule has 1 aromatic heterocycles. The monoisotopic (exact) mass is 252 g/mol. The van der Waals surface area contributed by atoms with E-state index in [0.29, 0.717) is 11.7 Å². The summed E-state index contributed by atoms with van der Waals surface area (Å²) in [5.41, 5.74) is 0. The molecule has 0 saturated carbocycles. The molecule has 1 N–H and O–H groups in total. The summed E-state index contributed by atoms with van der Waals surface area (Å²) in [6, 6.07) is 0. The summed E-state index contributed by atoms with van der Waals surface area (Å²) in [5.74, 6) is 2.10. The van der Waals surface area contributed by atoms with Crippen molar-refractivity contribution in [3.8, 4) is 0 Å². The Bertz CT molecular complexity index is 391. The summed E-state index contributed by atoms with van der Waals surface area (Å²) in [5, 5.41) is 7.31. The van der Waals surface area contributed by atoms with Crippen molar-refractivity contribution in [1.82, 2.24) is 20.4 Å². The molecule has 18 heavy (non-hydrogen) atoms. The summed E-state index contributed by atoms with van der Waals surface area (Å²) in [6.07, 6.45) is 0.847. The van der Waals surface area contributed by atoms with Gasteiger partial charge < -0.3 is 14.6 Å². The average molecular weight is 252 g/mol. The zero-order valence-corrected chi connectivity index (χ0v) is 10.8. The molecular weight excluding hydrogens is 232 g/mol. The second-order valence-electron chi connectivity index (χ2n) is 5.03. The third-order valence-corrected chi connectivity index (χ3v) is 3.70. The van der Waals surface area contributed by atoms with Gasteiger partial charge in [0.15, 0.2) is 0 Å². The summed E-state index contributed by atoms with van der Waals surface area (Å²) in [7, 11) is 0. The maximum absolute atomic E-state index is 5.72. The van der Waals surface area contributed by atoms with Crippen LogP contribution < -0.4 is 5.32 Å². The van der Waals surface area contributed by atoms with Crippen molar-refractivity contribution < 1.29 is 9.26 Å². The molecule has 6 heteroatoms. The van der Waals surface area contributed by atoms with E-state index in [1.165, 1.54) is 0 Å². The molecule has 0 aromatic carbocycles. The molecule has 100 valence electrons. The maximum Gasteiger partial charge on any atom is 0.227 e. The van der Waals surface area contributed by atoms with Crippen LogP contribution in [0.5, 0.6) is 0 Å². The predicted molar refractivity (Wildman–Crippen MR) is 65.2 cm³/mol. The molecule has 2 aliphatic heterocycles. The van der Waals surface area contributed by atoms with Gasteiger partial charge >= 0.3 is 0 Å². The van der Waals surface area contributed by atoms with Gasteiger partial charge in [0, 0.05) is 19.5 Å². The highest BCUT2D eigenvalue weighted by Gasteiger charge is 2.26. The Morgan fingerprint density at radius 2 is 2.33 bits per heavy atom. The van der Waals surface area contributed by atoms with Crippen LogP contribution >= 0.6 is 0 Å². The summed E-state index contributed by atoms with van der Waals surface area (Å²) >= 11 is 0. The van der Waals surface area contributed by atoms with Crippen LogP contribution in [0.4, 0.5) is 0 Å². The van der Waals surface area contributed by atoms with E-state index in [1.807, 2.05) is 0 Å². The minimum absolute atomic E-state index is 0.0317. The first-order valence-electron chi connectivity index (χ1n) is 6.72. The maximum atomic E-state index is 5.72. The van der Waals surface area contributed by atoms with E-state index in [2.05, 4.69) is 27.3 Å². The number of morpholine rings is 1. The molecular formula is C12H20N4O2. The van der Waals surface area contributed by atoms with Gasteiger partial charge in [0.1, 0.15) is 6.10 Å². The van der Waals surface area contributed by atoms with Gasteiger partial charge in [0.2, 0.25) is 11.7 Å². The molecule has 0 spiro atoms. The Balaban J connectivity index is 1.61. The number of rotatable bonds is 4. The van der Waals surface area contributed by atoms with Crippen molar-refractivity contribution >= 4 is 0 Å². The van der Waals surface area contributed by atoms with E-state index < -0.39 is 0 Å². The molecule has 0 amide bonds. The van der Waals surface area contributed by atoms with Crippen LogP contribution in [0.25, 0.3) is 0 Å². The van der Waals surface area contributed by atoms with Crippen LogP contribution in [-0.4, -0.2) is 54.4 Å². The fraction of sp³-hybridized carbons (Fsp3) is 0.833. The molecule has 0 aliphatic carbocycles. The van der Waals surface area contributed by atoms with Gasteiger partial charge in [-0.1, -0.05) is 12.1 Å². The van der Waals surface area contributed by atoms with Crippen LogP contribution in [0.1, 0.15) is 24.7 Å². The van der Waals surface area contributed by atoms with Crippen LogP contribution in [-0.2, 0) is 11.2 Å². The number of nitrogens with one attached hydrogen (secondary N) is 1. The first-order chi connectivity index (χ1) is 8.85. The van der Waals surface area contributed by atoms with Crippen molar-refractivity contribution in [2.24, 2.45) is 5.92 Å².